The lowest BCUT2D eigenvalue weighted by atomic mass is 10.2. The number of halogens is 1. The Labute approximate surface area is 173 Å². The highest BCUT2D eigenvalue weighted by atomic mass is 35.5. The van der Waals surface area contributed by atoms with E-state index in [-0.39, 0.29) is 19.0 Å². The highest BCUT2D eigenvalue weighted by molar-refractivity contribution is 7.92. The van der Waals surface area contributed by atoms with Crippen molar-refractivity contribution in [3.05, 3.63) is 70.5 Å². The van der Waals surface area contributed by atoms with E-state index in [1.807, 2.05) is 12.1 Å². The molecule has 150 valence electrons. The van der Waals surface area contributed by atoms with E-state index in [1.165, 1.54) is 10.4 Å². The number of carbonyl (C=O) groups is 1. The summed E-state index contributed by atoms with van der Waals surface area (Å²) < 4.78 is 26.4. The first-order valence-corrected chi connectivity index (χ1v) is 10.9. The van der Waals surface area contributed by atoms with Gasteiger partial charge in [-0.2, -0.15) is 4.31 Å². The second kappa shape index (κ2) is 7.98. The number of hydrogen-bond donors (Lipinski definition) is 1. The minimum Gasteiger partial charge on any atom is -0.357 e. The molecule has 0 spiro atoms. The third-order valence-electron chi connectivity index (χ3n) is 4.78. The van der Waals surface area contributed by atoms with Crippen LogP contribution < -0.4 is 0 Å². The Balaban J connectivity index is 1.41. The number of pyridine rings is 1. The molecule has 2 aromatic heterocycles. The number of hydrogen-bond acceptors (Lipinski definition) is 4. The number of piperazine rings is 1. The molecule has 0 radical (unpaired) electrons. The highest BCUT2D eigenvalue weighted by Crippen LogP contribution is 2.18. The van der Waals surface area contributed by atoms with Crippen LogP contribution in [0.25, 0.3) is 17.0 Å². The summed E-state index contributed by atoms with van der Waals surface area (Å²) in [6, 6.07) is 10.7. The van der Waals surface area contributed by atoms with Crippen molar-refractivity contribution in [1.29, 1.82) is 0 Å². The number of nitrogens with zero attached hydrogens (tertiary/aromatic N) is 3. The van der Waals surface area contributed by atoms with Crippen LogP contribution in [0.4, 0.5) is 0 Å². The summed E-state index contributed by atoms with van der Waals surface area (Å²) in [5, 5.41) is 2.69. The molecular weight excluding hydrogens is 412 g/mol. The minimum atomic E-state index is -3.69. The largest absolute Gasteiger partial charge is 0.357 e. The third kappa shape index (κ3) is 4.50. The van der Waals surface area contributed by atoms with Crippen LogP contribution in [0.15, 0.2) is 54.2 Å². The van der Waals surface area contributed by atoms with Crippen molar-refractivity contribution in [3.63, 3.8) is 0 Å². The van der Waals surface area contributed by atoms with Crippen LogP contribution in [-0.2, 0) is 21.4 Å². The van der Waals surface area contributed by atoms with E-state index in [0.717, 1.165) is 27.6 Å². The molecule has 0 saturated carbocycles. The van der Waals surface area contributed by atoms with Gasteiger partial charge in [0, 0.05) is 52.5 Å². The van der Waals surface area contributed by atoms with Gasteiger partial charge in [0.25, 0.3) is 0 Å². The summed E-state index contributed by atoms with van der Waals surface area (Å²) >= 11 is 5.84. The van der Waals surface area contributed by atoms with Crippen LogP contribution in [0.1, 0.15) is 11.3 Å². The first kappa shape index (κ1) is 19.6. The normalized spacial score (nSPS) is 16.2. The smallest absolute Gasteiger partial charge is 0.238 e. The first-order valence-electron chi connectivity index (χ1n) is 9.04. The van der Waals surface area contributed by atoms with Crippen molar-refractivity contribution in [2.45, 2.75) is 6.54 Å². The fourth-order valence-electron chi connectivity index (χ4n) is 3.22. The fourth-order valence-corrected chi connectivity index (χ4v) is 4.47. The summed E-state index contributed by atoms with van der Waals surface area (Å²) in [7, 11) is -3.69. The predicted octanol–water partition coefficient (Wildman–Crippen LogP) is 2.86. The van der Waals surface area contributed by atoms with Gasteiger partial charge in [-0.15, -0.1) is 0 Å². The molecule has 1 aliphatic heterocycles. The van der Waals surface area contributed by atoms with Gasteiger partial charge < -0.3 is 9.88 Å². The topological polar surface area (TPSA) is 86.4 Å². The Morgan fingerprint density at radius 3 is 2.69 bits per heavy atom. The van der Waals surface area contributed by atoms with E-state index in [0.29, 0.717) is 18.1 Å². The van der Waals surface area contributed by atoms with Gasteiger partial charge in [0.2, 0.25) is 15.9 Å². The van der Waals surface area contributed by atoms with Crippen LogP contribution in [0.3, 0.4) is 0 Å². The summed E-state index contributed by atoms with van der Waals surface area (Å²) in [4.78, 5) is 21.5. The molecular formula is C20H19ClN4O3S. The van der Waals surface area contributed by atoms with Crippen LogP contribution in [0, 0.1) is 0 Å². The van der Waals surface area contributed by atoms with Crippen molar-refractivity contribution < 1.29 is 13.2 Å². The van der Waals surface area contributed by atoms with Crippen molar-refractivity contribution in [1.82, 2.24) is 19.2 Å². The lowest BCUT2D eigenvalue weighted by Crippen LogP contribution is -2.51. The van der Waals surface area contributed by atoms with Crippen molar-refractivity contribution in [3.8, 4) is 0 Å². The van der Waals surface area contributed by atoms with Gasteiger partial charge in [0.1, 0.15) is 0 Å². The molecule has 3 aromatic rings. The van der Waals surface area contributed by atoms with E-state index < -0.39 is 10.0 Å². The maximum Gasteiger partial charge on any atom is 0.238 e. The Morgan fingerprint density at radius 2 is 1.97 bits per heavy atom. The predicted molar refractivity (Wildman–Crippen MR) is 112 cm³/mol. The zero-order chi connectivity index (χ0) is 20.4. The van der Waals surface area contributed by atoms with E-state index >= 15 is 0 Å². The molecule has 1 N–H and O–H groups in total. The average Bonchev–Trinajstić information content (AvgIpc) is 3.11. The van der Waals surface area contributed by atoms with Gasteiger partial charge in [-0.05, 0) is 35.9 Å². The molecule has 1 amide bonds. The fraction of sp³-hybridized carbons (Fsp3) is 0.200. The molecule has 1 saturated heterocycles. The minimum absolute atomic E-state index is 0.172. The number of amides is 1. The van der Waals surface area contributed by atoms with E-state index in [2.05, 4.69) is 9.97 Å². The molecule has 4 rings (SSSR count). The number of rotatable bonds is 5. The zero-order valence-electron chi connectivity index (χ0n) is 15.5. The molecule has 7 nitrogen and oxygen atoms in total. The quantitative estimate of drug-likeness (QED) is 0.674. The lowest BCUT2D eigenvalue weighted by Gasteiger charge is -2.32. The molecule has 0 bridgehead atoms. The number of aromatic nitrogens is 2. The maximum absolute atomic E-state index is 12.6. The number of sulfonamides is 1. The number of H-pyrrole nitrogens is 1. The number of aromatic amines is 1. The molecule has 29 heavy (non-hydrogen) atoms. The van der Waals surface area contributed by atoms with Gasteiger partial charge in [0.15, 0.2) is 0 Å². The van der Waals surface area contributed by atoms with Crippen molar-refractivity contribution in [2.24, 2.45) is 0 Å². The molecule has 0 aliphatic carbocycles. The van der Waals surface area contributed by atoms with Crippen LogP contribution in [-0.4, -0.2) is 53.1 Å². The zero-order valence-corrected chi connectivity index (χ0v) is 17.0. The molecule has 0 atom stereocenters. The molecule has 1 aliphatic rings. The van der Waals surface area contributed by atoms with Gasteiger partial charge >= 0.3 is 0 Å². The molecule has 1 aromatic carbocycles. The first-order chi connectivity index (χ1) is 13.9. The maximum atomic E-state index is 12.6. The number of fused-ring (bicyclic) bond motifs is 1. The Kier molecular flexibility index (Phi) is 5.40. The van der Waals surface area contributed by atoms with Crippen molar-refractivity contribution in [2.75, 3.05) is 19.6 Å². The summed E-state index contributed by atoms with van der Waals surface area (Å²) in [6.45, 7) is 0.818. The molecule has 9 heteroatoms. The molecule has 0 unspecified atom stereocenters. The van der Waals surface area contributed by atoms with Gasteiger partial charge in [0.05, 0.1) is 13.1 Å². The van der Waals surface area contributed by atoms with Crippen LogP contribution in [0.2, 0.25) is 5.02 Å². The van der Waals surface area contributed by atoms with E-state index in [9.17, 15) is 13.2 Å². The van der Waals surface area contributed by atoms with Crippen molar-refractivity contribution >= 4 is 44.5 Å². The summed E-state index contributed by atoms with van der Waals surface area (Å²) in [5.41, 5.74) is 2.56. The number of benzene rings is 1. The third-order valence-corrected chi connectivity index (χ3v) is 6.55. The monoisotopic (exact) mass is 430 g/mol. The van der Waals surface area contributed by atoms with Gasteiger partial charge in [-0.3, -0.25) is 9.78 Å². The number of nitrogens with one attached hydrogen (secondary N) is 1. The average molecular weight is 431 g/mol. The Hall–Kier alpha value is -2.68. The molecule has 3 heterocycles. The Morgan fingerprint density at radius 1 is 1.17 bits per heavy atom. The SMILES string of the molecule is O=C1CN(S(=O)(=O)/C=C/c2ccc(Cl)cc2)CCN1Cc1cc2cnccc2[nH]1. The second-order valence-electron chi connectivity index (χ2n) is 6.81. The summed E-state index contributed by atoms with van der Waals surface area (Å²) in [6.07, 6.45) is 4.96. The highest BCUT2D eigenvalue weighted by Gasteiger charge is 2.30. The molecule has 1 fully saturated rings. The summed E-state index contributed by atoms with van der Waals surface area (Å²) in [5.74, 6) is -0.225. The Bertz CT molecular complexity index is 1140. The number of carbonyl (C=O) groups excluding carboxylic acids is 1. The van der Waals surface area contributed by atoms with E-state index in [1.54, 1.807) is 41.6 Å². The second-order valence-corrected chi connectivity index (χ2v) is 9.06. The van der Waals surface area contributed by atoms with Gasteiger partial charge in [-0.1, -0.05) is 23.7 Å². The lowest BCUT2D eigenvalue weighted by molar-refractivity contribution is -0.134. The van der Waals surface area contributed by atoms with Crippen LogP contribution in [0.5, 0.6) is 0 Å². The van der Waals surface area contributed by atoms with E-state index in [4.69, 9.17) is 11.6 Å². The van der Waals surface area contributed by atoms with Crippen LogP contribution >= 0.6 is 11.6 Å². The van der Waals surface area contributed by atoms with Gasteiger partial charge in [-0.25, -0.2) is 8.42 Å². The standard InChI is InChI=1S/C20H19ClN4O3S/c21-17-3-1-15(2-4-17)6-10-29(27,28)25-9-8-24(20(26)14-25)13-18-11-16-12-22-7-5-19(16)23-18/h1-7,10-12,23H,8-9,13-14H2/b10-6+.